The molecule has 0 spiro atoms. The van der Waals surface area contributed by atoms with Gasteiger partial charge in [0.1, 0.15) is 5.52 Å². The number of aromatic nitrogens is 4. The summed E-state index contributed by atoms with van der Waals surface area (Å²) in [6, 6.07) is 6.31. The molecule has 0 aliphatic carbocycles. The van der Waals surface area contributed by atoms with Crippen molar-refractivity contribution in [3.05, 3.63) is 35.0 Å². The molecule has 0 saturated heterocycles. The van der Waals surface area contributed by atoms with Gasteiger partial charge in [0.05, 0.1) is 11.4 Å². The minimum absolute atomic E-state index is 0.506. The van der Waals surface area contributed by atoms with Crippen molar-refractivity contribution in [1.29, 1.82) is 0 Å². The summed E-state index contributed by atoms with van der Waals surface area (Å²) >= 11 is 0. The molecule has 0 aliphatic rings. The van der Waals surface area contributed by atoms with E-state index < -0.39 is 0 Å². The number of nitrogen functional groups attached to an aromatic ring is 1. The van der Waals surface area contributed by atoms with Gasteiger partial charge >= 0.3 is 0 Å². The number of nitrogens with zero attached hydrogens (tertiary/aromatic N) is 4. The van der Waals surface area contributed by atoms with E-state index in [1.165, 1.54) is 11.1 Å². The Morgan fingerprint density at radius 3 is 2.55 bits per heavy atom. The number of hydrogen-bond donors (Lipinski definition) is 1. The molecule has 0 unspecified atom stereocenters. The summed E-state index contributed by atoms with van der Waals surface area (Å²) in [5.74, 6) is 0.506. The molecule has 2 aromatic heterocycles. The first-order valence-corrected chi connectivity index (χ1v) is 6.82. The van der Waals surface area contributed by atoms with Gasteiger partial charge in [-0.1, -0.05) is 6.07 Å². The van der Waals surface area contributed by atoms with Crippen molar-refractivity contribution < 1.29 is 0 Å². The quantitative estimate of drug-likeness (QED) is 0.778. The van der Waals surface area contributed by atoms with Crippen molar-refractivity contribution in [3.8, 4) is 5.69 Å². The monoisotopic (exact) mass is 269 g/mol. The Bertz CT molecular complexity index is 794. The Morgan fingerprint density at radius 1 is 1.15 bits per heavy atom. The number of hydrogen-bond acceptors (Lipinski definition) is 3. The molecule has 0 atom stereocenters. The second-order valence-electron chi connectivity index (χ2n) is 5.15. The Hall–Kier alpha value is -2.30. The van der Waals surface area contributed by atoms with E-state index in [1.54, 1.807) is 0 Å². The fourth-order valence-electron chi connectivity index (χ4n) is 2.52. The van der Waals surface area contributed by atoms with Gasteiger partial charge < -0.3 is 5.73 Å². The van der Waals surface area contributed by atoms with Gasteiger partial charge in [-0.3, -0.25) is 4.57 Å². The van der Waals surface area contributed by atoms with Gasteiger partial charge in [-0.2, -0.15) is 5.10 Å². The second kappa shape index (κ2) is 4.37. The molecule has 2 N–H and O–H groups in total. The first kappa shape index (κ1) is 12.7. The van der Waals surface area contributed by atoms with Crippen LogP contribution in [0.3, 0.4) is 0 Å². The topological polar surface area (TPSA) is 61.7 Å². The Balaban J connectivity index is 2.34. The summed E-state index contributed by atoms with van der Waals surface area (Å²) in [6.45, 7) is 9.03. The van der Waals surface area contributed by atoms with Gasteiger partial charge in [0.25, 0.3) is 0 Å². The minimum atomic E-state index is 0.506. The third-order valence-corrected chi connectivity index (χ3v) is 3.79. The normalized spacial score (nSPS) is 11.4. The maximum atomic E-state index is 6.12. The Morgan fingerprint density at radius 2 is 1.90 bits per heavy atom. The molecule has 0 saturated carbocycles. The molecule has 0 amide bonds. The van der Waals surface area contributed by atoms with E-state index in [9.17, 15) is 0 Å². The fraction of sp³-hybridized carbons (Fsp3) is 0.333. The lowest BCUT2D eigenvalue weighted by molar-refractivity contribution is 0.663. The van der Waals surface area contributed by atoms with Crippen molar-refractivity contribution in [2.24, 2.45) is 0 Å². The lowest BCUT2D eigenvalue weighted by Crippen LogP contribution is -2.07. The van der Waals surface area contributed by atoms with Gasteiger partial charge in [-0.15, -0.1) is 0 Å². The van der Waals surface area contributed by atoms with Crippen molar-refractivity contribution in [1.82, 2.24) is 19.3 Å². The highest BCUT2D eigenvalue weighted by atomic mass is 15.4. The van der Waals surface area contributed by atoms with E-state index in [-0.39, 0.29) is 0 Å². The zero-order chi connectivity index (χ0) is 14.4. The van der Waals surface area contributed by atoms with Crippen LogP contribution >= 0.6 is 0 Å². The van der Waals surface area contributed by atoms with Gasteiger partial charge in [-0.05, 0) is 51.0 Å². The van der Waals surface area contributed by atoms with E-state index in [1.807, 2.05) is 16.2 Å². The predicted molar refractivity (Wildman–Crippen MR) is 81.2 cm³/mol. The molecule has 2 heterocycles. The van der Waals surface area contributed by atoms with Crippen LogP contribution in [0, 0.1) is 20.8 Å². The first-order chi connectivity index (χ1) is 9.52. The van der Waals surface area contributed by atoms with Gasteiger partial charge in [0.2, 0.25) is 5.95 Å². The zero-order valence-corrected chi connectivity index (χ0v) is 12.3. The third-order valence-electron chi connectivity index (χ3n) is 3.79. The fourth-order valence-corrected chi connectivity index (χ4v) is 2.52. The second-order valence-corrected chi connectivity index (χ2v) is 5.15. The van der Waals surface area contributed by atoms with Crippen LogP contribution in [0.5, 0.6) is 0 Å². The predicted octanol–water partition coefficient (Wildman–Crippen LogP) is 2.75. The average molecular weight is 269 g/mol. The van der Waals surface area contributed by atoms with Crippen LogP contribution in [-0.4, -0.2) is 19.3 Å². The number of imidazole rings is 1. The largest absolute Gasteiger partial charge is 0.369 e. The molecule has 1 aromatic carbocycles. The summed E-state index contributed by atoms with van der Waals surface area (Å²) < 4.78 is 3.93. The number of nitrogens with two attached hydrogens (primary N) is 1. The minimum Gasteiger partial charge on any atom is -0.369 e. The van der Waals surface area contributed by atoms with E-state index in [0.717, 1.165) is 29.1 Å². The molecule has 0 aliphatic heterocycles. The summed E-state index contributed by atoms with van der Waals surface area (Å²) in [6.07, 6.45) is 0. The van der Waals surface area contributed by atoms with Gasteiger partial charge in [0.15, 0.2) is 5.65 Å². The number of benzene rings is 1. The number of rotatable bonds is 2. The lowest BCUT2D eigenvalue weighted by Gasteiger charge is -2.10. The molecule has 20 heavy (non-hydrogen) atoms. The summed E-state index contributed by atoms with van der Waals surface area (Å²) in [4.78, 5) is 4.47. The summed E-state index contributed by atoms with van der Waals surface area (Å²) in [7, 11) is 0. The van der Waals surface area contributed by atoms with Crippen molar-refractivity contribution >= 4 is 17.1 Å². The Labute approximate surface area is 118 Å². The third kappa shape index (κ3) is 1.70. The lowest BCUT2D eigenvalue weighted by atomic mass is 10.1. The molecule has 0 bridgehead atoms. The van der Waals surface area contributed by atoms with Crippen LogP contribution < -0.4 is 5.73 Å². The van der Waals surface area contributed by atoms with E-state index in [0.29, 0.717) is 5.95 Å². The highest BCUT2D eigenvalue weighted by molar-refractivity contribution is 5.80. The van der Waals surface area contributed by atoms with Crippen LogP contribution in [0.15, 0.2) is 18.2 Å². The molecule has 3 aromatic rings. The van der Waals surface area contributed by atoms with Crippen LogP contribution in [0.1, 0.15) is 23.7 Å². The smallest absolute Gasteiger partial charge is 0.207 e. The molecule has 0 radical (unpaired) electrons. The maximum absolute atomic E-state index is 6.12. The average Bonchev–Trinajstić information content (AvgIpc) is 2.90. The standard InChI is InChI=1S/C15H19N5/c1-5-19-14-13(11(4)18-19)17-15(16)20(14)12-7-6-9(2)10(3)8-12/h6-8H,5H2,1-4H3,(H2,16,17). The van der Waals surface area contributed by atoms with Crippen LogP contribution in [-0.2, 0) is 6.54 Å². The highest BCUT2D eigenvalue weighted by Gasteiger charge is 2.17. The van der Waals surface area contributed by atoms with Gasteiger partial charge in [0, 0.05) is 6.54 Å². The van der Waals surface area contributed by atoms with E-state index in [2.05, 4.69) is 49.1 Å². The molecular formula is C15H19N5. The van der Waals surface area contributed by atoms with Crippen LogP contribution in [0.4, 0.5) is 5.95 Å². The highest BCUT2D eigenvalue weighted by Crippen LogP contribution is 2.26. The summed E-state index contributed by atoms with van der Waals surface area (Å²) in [5, 5.41) is 4.51. The molecule has 104 valence electrons. The molecule has 5 heteroatoms. The first-order valence-electron chi connectivity index (χ1n) is 6.82. The van der Waals surface area contributed by atoms with E-state index >= 15 is 0 Å². The van der Waals surface area contributed by atoms with Crippen molar-refractivity contribution in [2.75, 3.05) is 5.73 Å². The zero-order valence-electron chi connectivity index (χ0n) is 12.3. The molecule has 3 rings (SSSR count). The SMILES string of the molecule is CCn1nc(C)c2nc(N)n(-c3ccc(C)c(C)c3)c21. The number of fused-ring (bicyclic) bond motifs is 1. The maximum Gasteiger partial charge on any atom is 0.207 e. The van der Waals surface area contributed by atoms with Gasteiger partial charge in [-0.25, -0.2) is 9.67 Å². The van der Waals surface area contributed by atoms with E-state index in [4.69, 9.17) is 5.73 Å². The molecule has 0 fully saturated rings. The number of aryl methyl sites for hydroxylation is 4. The summed E-state index contributed by atoms with van der Waals surface area (Å²) in [5.41, 5.74) is 12.4. The van der Waals surface area contributed by atoms with Crippen molar-refractivity contribution in [2.45, 2.75) is 34.2 Å². The van der Waals surface area contributed by atoms with Crippen LogP contribution in [0.25, 0.3) is 16.9 Å². The molecule has 5 nitrogen and oxygen atoms in total. The Kier molecular flexibility index (Phi) is 2.78. The number of anilines is 1. The van der Waals surface area contributed by atoms with Crippen molar-refractivity contribution in [3.63, 3.8) is 0 Å². The molecular weight excluding hydrogens is 250 g/mol. The van der Waals surface area contributed by atoms with Crippen LogP contribution in [0.2, 0.25) is 0 Å².